The van der Waals surface area contributed by atoms with Gasteiger partial charge >= 0.3 is 0 Å². The van der Waals surface area contributed by atoms with Crippen LogP contribution in [0.2, 0.25) is 0 Å². The zero-order valence-corrected chi connectivity index (χ0v) is 12.9. The molecular formula is C20H20N2O. The highest BCUT2D eigenvalue weighted by Gasteiger charge is 2.45. The standard InChI is InChI=1S/C20H20N2O/c23-19-17-9-5-4-8-16(17)10-11-20(19,18-13-21-14-22-18)12-15-6-2-1-3-7-15/h1-9,13-14,19,23H,10-12H2,(H,21,22). The smallest absolute Gasteiger partial charge is 0.0923 e. The largest absolute Gasteiger partial charge is 0.387 e. The molecule has 116 valence electrons. The number of aromatic amines is 1. The van der Waals surface area contributed by atoms with Crippen LogP contribution in [0.4, 0.5) is 0 Å². The third kappa shape index (κ3) is 2.37. The zero-order valence-electron chi connectivity index (χ0n) is 12.9. The van der Waals surface area contributed by atoms with E-state index in [-0.39, 0.29) is 5.41 Å². The molecule has 2 unspecified atom stereocenters. The van der Waals surface area contributed by atoms with E-state index in [9.17, 15) is 5.11 Å². The van der Waals surface area contributed by atoms with Gasteiger partial charge in [-0.3, -0.25) is 0 Å². The van der Waals surface area contributed by atoms with Crippen LogP contribution in [0.1, 0.15) is 34.9 Å². The van der Waals surface area contributed by atoms with Crippen molar-refractivity contribution < 1.29 is 5.11 Å². The minimum absolute atomic E-state index is 0.379. The lowest BCUT2D eigenvalue weighted by Crippen LogP contribution is -2.40. The van der Waals surface area contributed by atoms with Gasteiger partial charge in [0.05, 0.1) is 18.1 Å². The molecule has 1 aromatic heterocycles. The minimum Gasteiger partial charge on any atom is -0.387 e. The molecule has 4 rings (SSSR count). The van der Waals surface area contributed by atoms with Crippen molar-refractivity contribution in [2.75, 3.05) is 0 Å². The van der Waals surface area contributed by atoms with Crippen LogP contribution in [-0.4, -0.2) is 15.1 Å². The number of benzene rings is 2. The molecule has 3 heteroatoms. The van der Waals surface area contributed by atoms with Crippen molar-refractivity contribution >= 4 is 0 Å². The minimum atomic E-state index is -0.545. The van der Waals surface area contributed by atoms with Crippen LogP contribution in [0.25, 0.3) is 0 Å². The number of hydrogen-bond acceptors (Lipinski definition) is 2. The van der Waals surface area contributed by atoms with Crippen LogP contribution in [0.15, 0.2) is 67.1 Å². The number of aliphatic hydroxyl groups excluding tert-OH is 1. The van der Waals surface area contributed by atoms with Gasteiger partial charge in [0.15, 0.2) is 0 Å². The lowest BCUT2D eigenvalue weighted by Gasteiger charge is -2.41. The first-order valence-electron chi connectivity index (χ1n) is 8.09. The molecule has 1 aliphatic carbocycles. The van der Waals surface area contributed by atoms with Crippen LogP contribution in [-0.2, 0) is 18.3 Å². The average Bonchev–Trinajstić information content (AvgIpc) is 3.14. The summed E-state index contributed by atoms with van der Waals surface area (Å²) in [5.74, 6) is 0. The maximum absolute atomic E-state index is 11.3. The Morgan fingerprint density at radius 3 is 2.65 bits per heavy atom. The monoisotopic (exact) mass is 304 g/mol. The second kappa shape index (κ2) is 5.67. The Bertz CT molecular complexity index is 782. The van der Waals surface area contributed by atoms with Crippen molar-refractivity contribution in [3.63, 3.8) is 0 Å². The van der Waals surface area contributed by atoms with Gasteiger partial charge in [0.2, 0.25) is 0 Å². The normalized spacial score (nSPS) is 23.4. The Kier molecular flexibility index (Phi) is 3.50. The summed E-state index contributed by atoms with van der Waals surface area (Å²) in [5.41, 5.74) is 4.09. The summed E-state index contributed by atoms with van der Waals surface area (Å²) < 4.78 is 0. The highest BCUT2D eigenvalue weighted by Crippen LogP contribution is 2.47. The second-order valence-corrected chi connectivity index (χ2v) is 6.37. The maximum atomic E-state index is 11.3. The number of aryl methyl sites for hydroxylation is 1. The summed E-state index contributed by atoms with van der Waals surface area (Å²) in [5, 5.41) is 11.3. The Hall–Kier alpha value is -2.39. The van der Waals surface area contributed by atoms with Crippen LogP contribution >= 0.6 is 0 Å². The highest BCUT2D eigenvalue weighted by molar-refractivity contribution is 5.39. The fraction of sp³-hybridized carbons (Fsp3) is 0.250. The zero-order chi connectivity index (χ0) is 15.7. The first-order valence-corrected chi connectivity index (χ1v) is 8.09. The molecule has 2 aromatic carbocycles. The van der Waals surface area contributed by atoms with Crippen molar-refractivity contribution in [3.8, 4) is 0 Å². The molecule has 0 radical (unpaired) electrons. The molecule has 0 saturated carbocycles. The number of aliphatic hydroxyl groups is 1. The SMILES string of the molecule is OC1c2ccccc2CCC1(Cc1ccccc1)c1c[nH]cn1. The predicted molar refractivity (Wildman–Crippen MR) is 90.1 cm³/mol. The van der Waals surface area contributed by atoms with Crippen molar-refractivity contribution in [1.82, 2.24) is 9.97 Å². The number of rotatable bonds is 3. The summed E-state index contributed by atoms with van der Waals surface area (Å²) in [6, 6.07) is 18.6. The molecule has 0 amide bonds. The van der Waals surface area contributed by atoms with E-state index >= 15 is 0 Å². The van der Waals surface area contributed by atoms with Gasteiger partial charge in [0.25, 0.3) is 0 Å². The van der Waals surface area contributed by atoms with E-state index in [2.05, 4.69) is 40.3 Å². The van der Waals surface area contributed by atoms with Gasteiger partial charge in [-0.1, -0.05) is 54.6 Å². The lowest BCUT2D eigenvalue weighted by atomic mass is 9.64. The van der Waals surface area contributed by atoms with E-state index < -0.39 is 6.10 Å². The molecule has 0 fully saturated rings. The van der Waals surface area contributed by atoms with Gasteiger partial charge in [-0.15, -0.1) is 0 Å². The molecule has 0 bridgehead atoms. The van der Waals surface area contributed by atoms with Gasteiger partial charge in [-0.05, 0) is 36.0 Å². The maximum Gasteiger partial charge on any atom is 0.0923 e. The van der Waals surface area contributed by atoms with E-state index in [4.69, 9.17) is 0 Å². The number of aromatic nitrogens is 2. The summed E-state index contributed by atoms with van der Waals surface area (Å²) in [7, 11) is 0. The van der Waals surface area contributed by atoms with Gasteiger partial charge in [-0.2, -0.15) is 0 Å². The Balaban J connectivity index is 1.81. The summed E-state index contributed by atoms with van der Waals surface area (Å²) in [4.78, 5) is 7.58. The fourth-order valence-electron chi connectivity index (χ4n) is 3.86. The number of nitrogens with zero attached hydrogens (tertiary/aromatic N) is 1. The molecule has 0 saturated heterocycles. The van der Waals surface area contributed by atoms with Crippen molar-refractivity contribution in [2.45, 2.75) is 30.8 Å². The van der Waals surface area contributed by atoms with Crippen LogP contribution in [0, 0.1) is 0 Å². The third-order valence-electron chi connectivity index (χ3n) is 5.08. The Morgan fingerprint density at radius 1 is 1.09 bits per heavy atom. The lowest BCUT2D eigenvalue weighted by molar-refractivity contribution is 0.0608. The van der Waals surface area contributed by atoms with Crippen LogP contribution < -0.4 is 0 Å². The summed E-state index contributed by atoms with van der Waals surface area (Å²) in [6.07, 6.45) is 5.73. The van der Waals surface area contributed by atoms with Crippen LogP contribution in [0.3, 0.4) is 0 Å². The molecule has 3 nitrogen and oxygen atoms in total. The van der Waals surface area contributed by atoms with E-state index in [1.54, 1.807) is 6.33 Å². The number of nitrogens with one attached hydrogen (secondary N) is 1. The Morgan fingerprint density at radius 2 is 1.87 bits per heavy atom. The number of fused-ring (bicyclic) bond motifs is 1. The van der Waals surface area contributed by atoms with Gasteiger partial charge in [-0.25, -0.2) is 4.98 Å². The van der Waals surface area contributed by atoms with E-state index in [1.165, 1.54) is 11.1 Å². The van der Waals surface area contributed by atoms with E-state index in [0.29, 0.717) is 0 Å². The van der Waals surface area contributed by atoms with Crippen molar-refractivity contribution in [3.05, 3.63) is 89.5 Å². The van der Waals surface area contributed by atoms with E-state index in [0.717, 1.165) is 30.5 Å². The first kappa shape index (κ1) is 14.2. The molecule has 2 N–H and O–H groups in total. The fourth-order valence-corrected chi connectivity index (χ4v) is 3.86. The molecule has 0 aliphatic heterocycles. The molecular weight excluding hydrogens is 284 g/mol. The quantitative estimate of drug-likeness (QED) is 0.777. The van der Waals surface area contributed by atoms with Crippen molar-refractivity contribution in [2.24, 2.45) is 0 Å². The average molecular weight is 304 g/mol. The van der Waals surface area contributed by atoms with E-state index in [1.807, 2.05) is 30.5 Å². The highest BCUT2D eigenvalue weighted by atomic mass is 16.3. The molecule has 1 heterocycles. The molecule has 0 spiro atoms. The van der Waals surface area contributed by atoms with Crippen molar-refractivity contribution in [1.29, 1.82) is 0 Å². The Labute approximate surface area is 136 Å². The van der Waals surface area contributed by atoms with Gasteiger partial charge in [0, 0.05) is 11.6 Å². The number of imidazole rings is 1. The number of H-pyrrole nitrogens is 1. The summed E-state index contributed by atoms with van der Waals surface area (Å²) in [6.45, 7) is 0. The molecule has 1 aliphatic rings. The molecule has 2 atom stereocenters. The van der Waals surface area contributed by atoms with Gasteiger partial charge < -0.3 is 10.1 Å². The van der Waals surface area contributed by atoms with Crippen LogP contribution in [0.5, 0.6) is 0 Å². The molecule has 3 aromatic rings. The summed E-state index contributed by atoms with van der Waals surface area (Å²) >= 11 is 0. The topological polar surface area (TPSA) is 48.9 Å². The predicted octanol–water partition coefficient (Wildman–Crippen LogP) is 3.57. The first-order chi connectivity index (χ1) is 11.3. The van der Waals surface area contributed by atoms with Gasteiger partial charge in [0.1, 0.15) is 0 Å². The second-order valence-electron chi connectivity index (χ2n) is 6.37. The number of hydrogen-bond donors (Lipinski definition) is 2. The third-order valence-corrected chi connectivity index (χ3v) is 5.08. The molecule has 23 heavy (non-hydrogen) atoms.